The Balaban J connectivity index is 1.83. The first-order valence-corrected chi connectivity index (χ1v) is 13.3. The second kappa shape index (κ2) is 9.81. The maximum atomic E-state index is 5.14. The van der Waals surface area contributed by atoms with Gasteiger partial charge >= 0.3 is 0 Å². The van der Waals surface area contributed by atoms with Crippen LogP contribution in [0, 0.1) is 0 Å². The molecule has 0 aliphatic rings. The van der Waals surface area contributed by atoms with Crippen LogP contribution in [-0.2, 0) is 10.8 Å². The Kier molecular flexibility index (Phi) is 7.01. The Morgan fingerprint density at radius 3 is 1.15 bits per heavy atom. The average molecular weight is 485 g/mol. The Morgan fingerprint density at radius 2 is 0.882 bits per heavy atom. The lowest BCUT2D eigenvalue weighted by Gasteiger charge is -2.19. The van der Waals surface area contributed by atoms with Crippen LogP contribution in [0.3, 0.4) is 0 Å². The Hall–Kier alpha value is -2.82. The molecule has 174 valence electrons. The molecule has 0 spiro atoms. The van der Waals surface area contributed by atoms with Gasteiger partial charge in [0.15, 0.2) is 0 Å². The summed E-state index contributed by atoms with van der Waals surface area (Å²) in [5.41, 5.74) is 6.50. The molecule has 4 aromatic rings. The van der Waals surface area contributed by atoms with Crippen molar-refractivity contribution < 1.29 is 0 Å². The van der Waals surface area contributed by atoms with Gasteiger partial charge in [0.1, 0.15) is 11.4 Å². The molecule has 0 unspecified atom stereocenters. The Bertz CT molecular complexity index is 1160. The Labute approximate surface area is 211 Å². The van der Waals surface area contributed by atoms with Crippen molar-refractivity contribution in [2.45, 2.75) is 52.4 Å². The van der Waals surface area contributed by atoms with Gasteiger partial charge in [-0.2, -0.15) is 0 Å². The molecule has 0 amide bonds. The third-order valence-corrected chi connectivity index (χ3v) is 7.44. The largest absolute Gasteiger partial charge is 0.245 e. The van der Waals surface area contributed by atoms with Crippen LogP contribution in [0.25, 0.3) is 0 Å². The van der Waals surface area contributed by atoms with Gasteiger partial charge in [-0.1, -0.05) is 77.9 Å². The summed E-state index contributed by atoms with van der Waals surface area (Å²) < 4.78 is 0. The predicted molar refractivity (Wildman–Crippen MR) is 151 cm³/mol. The summed E-state index contributed by atoms with van der Waals surface area (Å²) in [6.07, 6.45) is 0. The van der Waals surface area contributed by atoms with E-state index in [1.54, 1.807) is 22.7 Å². The molecule has 2 nitrogen and oxygen atoms in total. The van der Waals surface area contributed by atoms with Crippen LogP contribution in [0.15, 0.2) is 93.5 Å². The fraction of sp³-hybridized carbons (Fsp3) is 0.267. The smallest absolute Gasteiger partial charge is 0.108 e. The monoisotopic (exact) mass is 484 g/mol. The molecule has 0 N–H and O–H groups in total. The maximum Gasteiger partial charge on any atom is 0.108 e. The van der Waals surface area contributed by atoms with E-state index in [0.29, 0.717) is 0 Å². The highest BCUT2D eigenvalue weighted by molar-refractivity contribution is 7.15. The van der Waals surface area contributed by atoms with Crippen molar-refractivity contribution in [3.05, 3.63) is 104 Å². The highest BCUT2D eigenvalue weighted by Crippen LogP contribution is 2.29. The van der Waals surface area contributed by atoms with E-state index in [9.17, 15) is 0 Å². The number of nitrogens with zero attached hydrogens (tertiary/aromatic N) is 2. The van der Waals surface area contributed by atoms with E-state index >= 15 is 0 Å². The molecule has 0 bridgehead atoms. The molecule has 4 rings (SSSR count). The highest BCUT2D eigenvalue weighted by atomic mass is 32.1. The van der Waals surface area contributed by atoms with Crippen LogP contribution < -0.4 is 0 Å². The number of hydrogen-bond donors (Lipinski definition) is 0. The SMILES string of the molecule is CC(C)(C)c1ccc(N=C(C(=Nc2ccc(C(C)(C)C)cc2)c2cccs2)c2cccs2)cc1. The average Bonchev–Trinajstić information content (AvgIpc) is 3.50. The van der Waals surface area contributed by atoms with Crippen LogP contribution in [-0.4, -0.2) is 11.4 Å². The van der Waals surface area contributed by atoms with Gasteiger partial charge in [-0.05, 0) is 69.1 Å². The van der Waals surface area contributed by atoms with Crippen LogP contribution >= 0.6 is 22.7 Å². The summed E-state index contributed by atoms with van der Waals surface area (Å²) in [6.45, 7) is 13.4. The van der Waals surface area contributed by atoms with Crippen molar-refractivity contribution in [3.63, 3.8) is 0 Å². The van der Waals surface area contributed by atoms with Crippen molar-refractivity contribution in [3.8, 4) is 0 Å². The minimum atomic E-state index is 0.113. The highest BCUT2D eigenvalue weighted by Gasteiger charge is 2.19. The first-order valence-electron chi connectivity index (χ1n) is 11.6. The summed E-state index contributed by atoms with van der Waals surface area (Å²) in [6, 6.07) is 25.5. The normalized spacial score (nSPS) is 13.4. The number of thiophene rings is 2. The van der Waals surface area contributed by atoms with Crippen molar-refractivity contribution in [1.82, 2.24) is 0 Å². The van der Waals surface area contributed by atoms with Crippen molar-refractivity contribution in [2.75, 3.05) is 0 Å². The van der Waals surface area contributed by atoms with Crippen LogP contribution in [0.5, 0.6) is 0 Å². The lowest BCUT2D eigenvalue weighted by molar-refractivity contribution is 0.590. The summed E-state index contributed by atoms with van der Waals surface area (Å²) in [7, 11) is 0. The lowest BCUT2D eigenvalue weighted by atomic mass is 9.87. The van der Waals surface area contributed by atoms with Crippen molar-refractivity contribution in [2.24, 2.45) is 9.98 Å². The van der Waals surface area contributed by atoms with E-state index < -0.39 is 0 Å². The third-order valence-electron chi connectivity index (χ3n) is 5.68. The van der Waals surface area contributed by atoms with Crippen LogP contribution in [0.1, 0.15) is 62.4 Å². The summed E-state index contributed by atoms with van der Waals surface area (Å²) >= 11 is 3.39. The van der Waals surface area contributed by atoms with E-state index in [4.69, 9.17) is 9.98 Å². The molecule has 0 saturated heterocycles. The van der Waals surface area contributed by atoms with E-state index in [1.807, 2.05) is 0 Å². The topological polar surface area (TPSA) is 24.7 Å². The zero-order valence-electron chi connectivity index (χ0n) is 20.8. The van der Waals surface area contributed by atoms with E-state index in [-0.39, 0.29) is 10.8 Å². The summed E-state index contributed by atoms with van der Waals surface area (Å²) in [4.78, 5) is 12.5. The van der Waals surface area contributed by atoms with E-state index in [2.05, 4.69) is 125 Å². The molecule has 0 saturated carbocycles. The Morgan fingerprint density at radius 1 is 0.529 bits per heavy atom. The first kappa shape index (κ1) is 24.3. The number of aliphatic imine (C=N–C) groups is 2. The number of hydrogen-bond acceptors (Lipinski definition) is 4. The molecule has 0 atom stereocenters. The van der Waals surface area contributed by atoms with Gasteiger partial charge in [0.05, 0.1) is 21.1 Å². The molecule has 4 heteroatoms. The molecule has 0 aliphatic heterocycles. The first-order chi connectivity index (χ1) is 16.1. The van der Waals surface area contributed by atoms with Gasteiger partial charge in [-0.3, -0.25) is 0 Å². The van der Waals surface area contributed by atoms with Crippen LogP contribution in [0.2, 0.25) is 0 Å². The molecule has 2 aromatic heterocycles. The number of benzene rings is 2. The lowest BCUT2D eigenvalue weighted by Crippen LogP contribution is -2.15. The summed E-state index contributed by atoms with van der Waals surface area (Å²) in [5.74, 6) is 0. The minimum Gasteiger partial charge on any atom is -0.245 e. The molecule has 0 aliphatic carbocycles. The second-order valence-corrected chi connectivity index (χ2v) is 12.4. The molecule has 34 heavy (non-hydrogen) atoms. The standard InChI is InChI=1S/C30H32N2S2/c1-29(2,3)21-11-15-23(16-12-21)31-27(25-9-7-19-33-25)28(26-10-8-20-34-26)32-24-17-13-22(14-18-24)30(4,5)6/h7-20H,1-6H3. The molecule has 0 fully saturated rings. The third kappa shape index (κ3) is 5.81. The molecular weight excluding hydrogens is 452 g/mol. The fourth-order valence-electron chi connectivity index (χ4n) is 3.61. The predicted octanol–water partition coefficient (Wildman–Crippen LogP) is 9.35. The zero-order chi connectivity index (χ0) is 24.3. The maximum absolute atomic E-state index is 5.14. The van der Waals surface area contributed by atoms with Crippen molar-refractivity contribution >= 4 is 45.5 Å². The summed E-state index contributed by atoms with van der Waals surface area (Å²) in [5, 5.41) is 4.19. The van der Waals surface area contributed by atoms with Crippen molar-refractivity contribution in [1.29, 1.82) is 0 Å². The molecular formula is C30H32N2S2. The van der Waals surface area contributed by atoms with Gasteiger partial charge in [0, 0.05) is 0 Å². The van der Waals surface area contributed by atoms with Gasteiger partial charge in [-0.15, -0.1) is 22.7 Å². The van der Waals surface area contributed by atoms with Crippen LogP contribution in [0.4, 0.5) is 11.4 Å². The zero-order valence-corrected chi connectivity index (χ0v) is 22.4. The minimum absolute atomic E-state index is 0.113. The van der Waals surface area contributed by atoms with E-state index in [1.165, 1.54) is 11.1 Å². The van der Waals surface area contributed by atoms with Gasteiger partial charge in [-0.25, -0.2) is 9.98 Å². The van der Waals surface area contributed by atoms with E-state index in [0.717, 1.165) is 32.6 Å². The van der Waals surface area contributed by atoms with Gasteiger partial charge in [0.25, 0.3) is 0 Å². The van der Waals surface area contributed by atoms with Gasteiger partial charge < -0.3 is 0 Å². The number of rotatable bonds is 5. The quantitative estimate of drug-likeness (QED) is 0.252. The molecule has 2 aromatic carbocycles. The van der Waals surface area contributed by atoms with Gasteiger partial charge in [0.2, 0.25) is 0 Å². The second-order valence-electron chi connectivity index (χ2n) is 10.5. The molecule has 0 radical (unpaired) electrons. The fourth-order valence-corrected chi connectivity index (χ4v) is 5.04. The molecule has 2 heterocycles.